The number of rotatable bonds is 30. The second-order valence-electron chi connectivity index (χ2n) is 11.1. The summed E-state index contributed by atoms with van der Waals surface area (Å²) in [6.07, 6.45) is 34.0. The number of carboxylic acids is 1. The van der Waals surface area contributed by atoms with E-state index in [-0.39, 0.29) is 25.3 Å². The number of hydrogen-bond donors (Lipinski definition) is 0. The first-order valence-corrected chi connectivity index (χ1v) is 16.1. The Morgan fingerprint density at radius 3 is 0.972 bits per heavy atom. The van der Waals surface area contributed by atoms with Gasteiger partial charge in [-0.1, -0.05) is 149 Å². The van der Waals surface area contributed by atoms with E-state index in [1.807, 2.05) is 0 Å². The van der Waals surface area contributed by atoms with E-state index in [1.165, 1.54) is 154 Å². The minimum Gasteiger partial charge on any atom is -0.550 e. The minimum absolute atomic E-state index is 0. The van der Waals surface area contributed by atoms with Crippen LogP contribution in [0.15, 0.2) is 0 Å². The van der Waals surface area contributed by atoms with Crippen molar-refractivity contribution in [3.8, 4) is 0 Å². The largest absolute Gasteiger partial charge is 1.00 e. The number of unbranched alkanes of at least 4 members (excludes halogenated alkanes) is 22. The molecule has 0 saturated carbocycles. The molecule has 0 atom stereocenters. The maximum absolute atomic E-state index is 10.6. The van der Waals surface area contributed by atoms with E-state index < -0.39 is 5.97 Å². The zero-order chi connectivity index (χ0) is 25.7. The van der Waals surface area contributed by atoms with Crippen LogP contribution in [0.4, 0.5) is 0 Å². The number of carbonyl (C=O) groups excluding carboxylic acids is 1. The van der Waals surface area contributed by atoms with E-state index in [4.69, 9.17) is 0 Å². The molecule has 0 aromatic heterocycles. The second kappa shape index (κ2) is 33.1. The summed E-state index contributed by atoms with van der Waals surface area (Å²) >= 11 is 0. The van der Waals surface area contributed by atoms with Crippen molar-refractivity contribution in [1.29, 1.82) is 0 Å². The first kappa shape index (κ1) is 38.2. The van der Waals surface area contributed by atoms with Crippen LogP contribution in [-0.4, -0.2) is 30.5 Å². The number of hydrogen-bond acceptors (Lipinski definition) is 3. The van der Waals surface area contributed by atoms with E-state index in [1.54, 1.807) is 0 Å². The molecule has 0 aliphatic heterocycles. The summed E-state index contributed by atoms with van der Waals surface area (Å²) in [6.45, 7) is 8.18. The van der Waals surface area contributed by atoms with E-state index in [0.29, 0.717) is 0 Å². The van der Waals surface area contributed by atoms with Gasteiger partial charge in [-0.3, -0.25) is 0 Å². The van der Waals surface area contributed by atoms with E-state index in [9.17, 15) is 9.90 Å². The third-order valence-corrected chi connectivity index (χ3v) is 7.51. The Hall–Kier alpha value is 0.0274. The molecule has 0 bridgehead atoms. The van der Waals surface area contributed by atoms with Crippen LogP contribution in [0.3, 0.4) is 0 Å². The Morgan fingerprint density at radius 2 is 0.694 bits per heavy atom. The summed E-state index contributed by atoms with van der Waals surface area (Å²) in [5.74, 6) is -0.899. The Labute approximate surface area is 239 Å². The quantitative estimate of drug-likeness (QED) is 0.0866. The van der Waals surface area contributed by atoms with Gasteiger partial charge in [-0.25, -0.2) is 0 Å². The van der Waals surface area contributed by atoms with Gasteiger partial charge < -0.3 is 14.8 Å². The maximum Gasteiger partial charge on any atom is 1.00 e. The van der Waals surface area contributed by atoms with Gasteiger partial charge in [-0.15, -0.1) is 0 Å². The Balaban J connectivity index is 0. The van der Waals surface area contributed by atoms with Crippen LogP contribution in [0.25, 0.3) is 0 Å². The van der Waals surface area contributed by atoms with E-state index >= 15 is 0 Å². The summed E-state index contributed by atoms with van der Waals surface area (Å²) in [6, 6.07) is 0. The van der Waals surface area contributed by atoms with Crippen molar-refractivity contribution in [3.05, 3.63) is 0 Å². The molecule has 0 aromatic carbocycles. The van der Waals surface area contributed by atoms with Crippen LogP contribution in [0.2, 0.25) is 0 Å². The van der Waals surface area contributed by atoms with Crippen molar-refractivity contribution >= 4 is 5.97 Å². The summed E-state index contributed by atoms with van der Waals surface area (Å²) in [4.78, 5) is 13.3. The number of aliphatic carboxylic acids is 1. The zero-order valence-electron chi connectivity index (χ0n) is 25.3. The Kier molecular flexibility index (Phi) is 35.1. The average molecular weight is 502 g/mol. The summed E-state index contributed by atoms with van der Waals surface area (Å²) in [5.41, 5.74) is 0. The smallest absolute Gasteiger partial charge is 0.550 e. The monoisotopic (exact) mass is 502 g/mol. The van der Waals surface area contributed by atoms with Crippen LogP contribution >= 0.6 is 0 Å². The molecular formula is C32H64LiNO2. The molecule has 0 amide bonds. The van der Waals surface area contributed by atoms with Gasteiger partial charge in [0.1, 0.15) is 0 Å². The first-order chi connectivity index (χ1) is 17.2. The van der Waals surface area contributed by atoms with Crippen molar-refractivity contribution in [2.75, 3.05) is 19.6 Å². The topological polar surface area (TPSA) is 43.4 Å². The minimum atomic E-state index is -0.899. The molecule has 210 valence electrons. The van der Waals surface area contributed by atoms with Crippen LogP contribution < -0.4 is 24.0 Å². The molecule has 3 nitrogen and oxygen atoms in total. The zero-order valence-corrected chi connectivity index (χ0v) is 25.3. The molecule has 0 aromatic rings. The van der Waals surface area contributed by atoms with Crippen LogP contribution in [0, 0.1) is 0 Å². The van der Waals surface area contributed by atoms with Crippen LogP contribution in [0.5, 0.6) is 0 Å². The molecular weight excluding hydrogens is 437 g/mol. The molecule has 0 spiro atoms. The molecule has 0 aliphatic rings. The predicted octanol–water partition coefficient (Wildman–Crippen LogP) is 6.22. The van der Waals surface area contributed by atoms with Gasteiger partial charge >= 0.3 is 18.9 Å². The summed E-state index contributed by atoms with van der Waals surface area (Å²) in [5, 5.41) is 10.6. The summed E-state index contributed by atoms with van der Waals surface area (Å²) < 4.78 is 0. The SMILES string of the molecule is CCCCCCCCCCCCCN(CCCCCCCCCCCCC)CCCCCC(=O)[O-].[Li+]. The molecule has 0 unspecified atom stereocenters. The standard InChI is InChI=1S/C32H65NO2.Li/c1-3-5-7-9-11-13-15-17-19-21-25-29-33(31-27-23-24-28-32(34)35)30-26-22-20-18-16-14-12-10-8-6-4-2;/h3-31H2,1-2H3,(H,34,35);/q;+1/p-1. The molecule has 36 heavy (non-hydrogen) atoms. The van der Waals surface area contributed by atoms with Crippen molar-refractivity contribution in [1.82, 2.24) is 4.90 Å². The normalized spacial score (nSPS) is 11.2. The summed E-state index contributed by atoms with van der Waals surface area (Å²) in [7, 11) is 0. The van der Waals surface area contributed by atoms with Crippen molar-refractivity contribution in [2.45, 2.75) is 181 Å². The van der Waals surface area contributed by atoms with Gasteiger partial charge in [0.2, 0.25) is 0 Å². The number of carbonyl (C=O) groups is 1. The van der Waals surface area contributed by atoms with Gasteiger partial charge in [-0.05, 0) is 51.7 Å². The number of nitrogens with zero attached hydrogens (tertiary/aromatic N) is 1. The molecule has 4 heteroatoms. The van der Waals surface area contributed by atoms with Crippen LogP contribution in [-0.2, 0) is 4.79 Å². The van der Waals surface area contributed by atoms with Crippen molar-refractivity contribution < 1.29 is 28.8 Å². The molecule has 0 saturated heterocycles. The van der Waals surface area contributed by atoms with Crippen molar-refractivity contribution in [2.24, 2.45) is 0 Å². The van der Waals surface area contributed by atoms with E-state index in [0.717, 1.165) is 25.8 Å². The fourth-order valence-corrected chi connectivity index (χ4v) is 5.12. The molecule has 0 N–H and O–H groups in total. The molecule has 0 aliphatic carbocycles. The predicted molar refractivity (Wildman–Crippen MR) is 153 cm³/mol. The fourth-order valence-electron chi connectivity index (χ4n) is 5.12. The maximum atomic E-state index is 10.6. The van der Waals surface area contributed by atoms with Gasteiger partial charge in [-0.2, -0.15) is 0 Å². The number of carboxylic acid groups (broad SMARTS) is 1. The molecule has 0 heterocycles. The first-order valence-electron chi connectivity index (χ1n) is 16.1. The van der Waals surface area contributed by atoms with Gasteiger partial charge in [0.05, 0.1) is 0 Å². The molecule has 0 radical (unpaired) electrons. The Morgan fingerprint density at radius 1 is 0.444 bits per heavy atom. The second-order valence-corrected chi connectivity index (χ2v) is 11.1. The molecule has 0 rings (SSSR count). The van der Waals surface area contributed by atoms with E-state index in [2.05, 4.69) is 18.7 Å². The fraction of sp³-hybridized carbons (Fsp3) is 0.969. The third-order valence-electron chi connectivity index (χ3n) is 7.51. The van der Waals surface area contributed by atoms with Crippen LogP contribution in [0.1, 0.15) is 181 Å². The molecule has 0 fully saturated rings. The van der Waals surface area contributed by atoms with Crippen molar-refractivity contribution in [3.63, 3.8) is 0 Å². The van der Waals surface area contributed by atoms with Gasteiger partial charge in [0, 0.05) is 5.97 Å². The Bertz CT molecular complexity index is 393. The average Bonchev–Trinajstić information content (AvgIpc) is 2.84. The van der Waals surface area contributed by atoms with Gasteiger partial charge in [0.15, 0.2) is 0 Å². The van der Waals surface area contributed by atoms with Gasteiger partial charge in [0.25, 0.3) is 0 Å². The third kappa shape index (κ3) is 32.1.